The fourth-order valence-electron chi connectivity index (χ4n) is 8.49. The minimum Gasteiger partial charge on any atom is -0.462 e. The molecule has 0 aliphatic rings. The maximum atomic E-state index is 12.9. The van der Waals surface area contributed by atoms with Crippen LogP contribution in [0.4, 0.5) is 0 Å². The Hall–Kier alpha value is -3.15. The molecule has 0 aromatic carbocycles. The van der Waals surface area contributed by atoms with Gasteiger partial charge in [-0.05, 0) is 77.0 Å². The smallest absolute Gasteiger partial charge is 0.306 e. The van der Waals surface area contributed by atoms with E-state index < -0.39 is 6.10 Å². The lowest BCUT2D eigenvalue weighted by atomic mass is 10.0. The van der Waals surface area contributed by atoms with Crippen molar-refractivity contribution >= 4 is 17.9 Å². The van der Waals surface area contributed by atoms with Gasteiger partial charge < -0.3 is 14.2 Å². The first-order chi connectivity index (χ1) is 34.5. The van der Waals surface area contributed by atoms with Crippen LogP contribution in [0, 0.1) is 0 Å². The van der Waals surface area contributed by atoms with Crippen LogP contribution in [0.15, 0.2) is 72.9 Å². The predicted octanol–water partition coefficient (Wildman–Crippen LogP) is 20.2. The average molecular weight is 978 g/mol. The predicted molar refractivity (Wildman–Crippen MR) is 302 cm³/mol. The molecule has 6 nitrogen and oxygen atoms in total. The van der Waals surface area contributed by atoms with Gasteiger partial charge in [-0.25, -0.2) is 0 Å². The molecule has 0 amide bonds. The summed E-state index contributed by atoms with van der Waals surface area (Å²) in [6, 6.07) is 0. The maximum Gasteiger partial charge on any atom is 0.306 e. The lowest BCUT2D eigenvalue weighted by Crippen LogP contribution is -2.30. The number of allylic oxidation sites excluding steroid dienone is 12. The molecule has 0 aliphatic heterocycles. The lowest BCUT2D eigenvalue weighted by molar-refractivity contribution is -0.166. The Morgan fingerprint density at radius 3 is 0.957 bits per heavy atom. The quantitative estimate of drug-likeness (QED) is 0.0261. The zero-order valence-corrected chi connectivity index (χ0v) is 46.3. The summed E-state index contributed by atoms with van der Waals surface area (Å²) in [5, 5.41) is 0. The summed E-state index contributed by atoms with van der Waals surface area (Å²) in [7, 11) is 0. The van der Waals surface area contributed by atoms with Crippen LogP contribution in [0.1, 0.15) is 297 Å². The van der Waals surface area contributed by atoms with Crippen LogP contribution in [0.3, 0.4) is 0 Å². The molecular weight excluding hydrogens is 865 g/mol. The summed E-state index contributed by atoms with van der Waals surface area (Å²) in [4.78, 5) is 38.1. The first kappa shape index (κ1) is 66.9. The van der Waals surface area contributed by atoms with Crippen molar-refractivity contribution in [3.05, 3.63) is 72.9 Å². The van der Waals surface area contributed by atoms with Gasteiger partial charge in [0.05, 0.1) is 0 Å². The summed E-state index contributed by atoms with van der Waals surface area (Å²) in [5.41, 5.74) is 0. The molecule has 0 aromatic heterocycles. The van der Waals surface area contributed by atoms with Crippen LogP contribution < -0.4 is 0 Å². The highest BCUT2D eigenvalue weighted by Gasteiger charge is 2.19. The van der Waals surface area contributed by atoms with Crippen molar-refractivity contribution in [1.29, 1.82) is 0 Å². The summed E-state index contributed by atoms with van der Waals surface area (Å²) in [6.45, 7) is 6.48. The van der Waals surface area contributed by atoms with E-state index in [4.69, 9.17) is 14.2 Å². The molecule has 0 saturated heterocycles. The standard InChI is InChI=1S/C64H112O6/c1-4-7-10-13-16-19-22-25-27-29-30-31-32-33-34-35-37-39-42-45-48-51-54-57-63(66)69-60-61(59-68-62(65)56-53-50-47-44-41-38-24-21-18-15-12-9-6-3)70-64(67)58-55-52-49-46-43-40-36-28-26-23-20-17-14-11-8-5-2/h9,12,18,21-22,25,29-30,38,41,47,50,61H,4-8,10-11,13-17,19-20,23-24,26-28,31-37,39-40,42-46,48-49,51-60H2,1-3H3/b12-9-,21-18-,25-22-,30-29-,41-38-,50-47-. The number of esters is 3. The second kappa shape index (κ2) is 58.4. The van der Waals surface area contributed by atoms with E-state index in [1.165, 1.54) is 180 Å². The minimum atomic E-state index is -0.803. The number of unbranched alkanes of at least 4 members (excludes halogenated alkanes) is 31. The van der Waals surface area contributed by atoms with Crippen molar-refractivity contribution in [2.24, 2.45) is 0 Å². The van der Waals surface area contributed by atoms with E-state index in [-0.39, 0.29) is 37.5 Å². The van der Waals surface area contributed by atoms with Gasteiger partial charge in [-0.15, -0.1) is 0 Å². The van der Waals surface area contributed by atoms with Gasteiger partial charge in [0, 0.05) is 19.3 Å². The zero-order chi connectivity index (χ0) is 50.7. The highest BCUT2D eigenvalue weighted by Crippen LogP contribution is 2.16. The summed E-state index contributed by atoms with van der Waals surface area (Å²) >= 11 is 0. The zero-order valence-electron chi connectivity index (χ0n) is 46.3. The van der Waals surface area contributed by atoms with Crippen molar-refractivity contribution in [3.8, 4) is 0 Å². The van der Waals surface area contributed by atoms with E-state index in [9.17, 15) is 14.4 Å². The highest BCUT2D eigenvalue weighted by molar-refractivity contribution is 5.71. The van der Waals surface area contributed by atoms with E-state index in [1.807, 2.05) is 6.08 Å². The number of carbonyl (C=O) groups is 3. The van der Waals surface area contributed by atoms with Crippen LogP contribution in [-0.2, 0) is 28.6 Å². The van der Waals surface area contributed by atoms with Crippen molar-refractivity contribution in [1.82, 2.24) is 0 Å². The molecule has 0 heterocycles. The minimum absolute atomic E-state index is 0.0959. The SMILES string of the molecule is CC/C=C\C/C=C\C/C=C\C/C=C\CCC(=O)OCC(COC(=O)CCCCCCCCCCCCC/C=C\C/C=C\CCCCCCC)OC(=O)CCCCCCCCCCCCCCCCCC. The van der Waals surface area contributed by atoms with Gasteiger partial charge in [0.25, 0.3) is 0 Å². The first-order valence-electron chi connectivity index (χ1n) is 29.9. The van der Waals surface area contributed by atoms with Gasteiger partial charge in [-0.2, -0.15) is 0 Å². The lowest BCUT2D eigenvalue weighted by Gasteiger charge is -2.18. The third-order valence-corrected chi connectivity index (χ3v) is 13.0. The molecule has 6 heteroatoms. The number of rotatable bonds is 54. The van der Waals surface area contributed by atoms with Gasteiger partial charge >= 0.3 is 17.9 Å². The van der Waals surface area contributed by atoms with E-state index >= 15 is 0 Å². The molecule has 1 atom stereocenters. The van der Waals surface area contributed by atoms with Crippen LogP contribution in [0.25, 0.3) is 0 Å². The van der Waals surface area contributed by atoms with Crippen LogP contribution >= 0.6 is 0 Å². The molecule has 0 aromatic rings. The summed E-state index contributed by atoms with van der Waals surface area (Å²) in [5.74, 6) is -0.971. The second-order valence-electron chi connectivity index (χ2n) is 19.9. The molecule has 0 aliphatic carbocycles. The normalized spacial score (nSPS) is 12.6. The van der Waals surface area contributed by atoms with Crippen LogP contribution in [-0.4, -0.2) is 37.2 Å². The maximum absolute atomic E-state index is 12.9. The summed E-state index contributed by atoms with van der Waals surface area (Å²) < 4.78 is 16.8. The average Bonchev–Trinajstić information content (AvgIpc) is 3.36. The van der Waals surface area contributed by atoms with E-state index in [0.717, 1.165) is 70.6 Å². The topological polar surface area (TPSA) is 78.9 Å². The molecule has 0 N–H and O–H groups in total. The van der Waals surface area contributed by atoms with E-state index in [0.29, 0.717) is 19.3 Å². The molecule has 1 unspecified atom stereocenters. The Bertz CT molecular complexity index is 1310. The van der Waals surface area contributed by atoms with Crippen LogP contribution in [0.2, 0.25) is 0 Å². The van der Waals surface area contributed by atoms with E-state index in [1.54, 1.807) is 0 Å². The molecular formula is C64H112O6. The number of hydrogen-bond acceptors (Lipinski definition) is 6. The molecule has 0 fully saturated rings. The highest BCUT2D eigenvalue weighted by atomic mass is 16.6. The number of hydrogen-bond donors (Lipinski definition) is 0. The van der Waals surface area contributed by atoms with Gasteiger partial charge in [-0.1, -0.05) is 273 Å². The fraction of sp³-hybridized carbons (Fsp3) is 0.766. The van der Waals surface area contributed by atoms with Crippen molar-refractivity contribution in [2.75, 3.05) is 13.2 Å². The Morgan fingerprint density at radius 2 is 0.586 bits per heavy atom. The molecule has 404 valence electrons. The number of ether oxygens (including phenoxy) is 3. The van der Waals surface area contributed by atoms with Gasteiger partial charge in [-0.3, -0.25) is 14.4 Å². The second-order valence-corrected chi connectivity index (χ2v) is 19.9. The van der Waals surface area contributed by atoms with Gasteiger partial charge in [0.2, 0.25) is 0 Å². The van der Waals surface area contributed by atoms with Gasteiger partial charge in [0.15, 0.2) is 6.10 Å². The van der Waals surface area contributed by atoms with Crippen molar-refractivity contribution in [3.63, 3.8) is 0 Å². The van der Waals surface area contributed by atoms with Gasteiger partial charge in [0.1, 0.15) is 13.2 Å². The molecule has 0 saturated carbocycles. The Labute approximate surface area is 433 Å². The fourth-order valence-corrected chi connectivity index (χ4v) is 8.49. The Balaban J connectivity index is 4.35. The third kappa shape index (κ3) is 55.8. The molecule has 0 rings (SSSR count). The Kier molecular flexibility index (Phi) is 55.8. The van der Waals surface area contributed by atoms with Crippen molar-refractivity contribution < 1.29 is 28.6 Å². The molecule has 0 bridgehead atoms. The molecule has 0 radical (unpaired) electrons. The third-order valence-electron chi connectivity index (χ3n) is 13.0. The molecule has 70 heavy (non-hydrogen) atoms. The monoisotopic (exact) mass is 977 g/mol. The van der Waals surface area contributed by atoms with Crippen LogP contribution in [0.5, 0.6) is 0 Å². The first-order valence-corrected chi connectivity index (χ1v) is 29.9. The molecule has 0 spiro atoms. The summed E-state index contributed by atoms with van der Waals surface area (Å²) in [6.07, 6.45) is 74.9. The largest absolute Gasteiger partial charge is 0.462 e. The van der Waals surface area contributed by atoms with Crippen molar-refractivity contribution in [2.45, 2.75) is 303 Å². The van der Waals surface area contributed by atoms with E-state index in [2.05, 4.69) is 87.6 Å². The Morgan fingerprint density at radius 1 is 0.300 bits per heavy atom. The number of carbonyl (C=O) groups excluding carboxylic acids is 3.